The molecule has 1 aromatic carbocycles. The molecule has 1 atom stereocenters. The van der Waals surface area contributed by atoms with Crippen molar-refractivity contribution in [3.05, 3.63) is 42.7 Å². The Morgan fingerprint density at radius 1 is 1.31 bits per heavy atom. The summed E-state index contributed by atoms with van der Waals surface area (Å²) in [6, 6.07) is 10.7. The van der Waals surface area contributed by atoms with E-state index in [0.29, 0.717) is 6.04 Å². The average molecular weight is 215 g/mol. The van der Waals surface area contributed by atoms with Crippen LogP contribution in [0.3, 0.4) is 0 Å². The quantitative estimate of drug-likeness (QED) is 0.847. The molecule has 84 valence electrons. The van der Waals surface area contributed by atoms with Gasteiger partial charge in [-0.2, -0.15) is 0 Å². The highest BCUT2D eigenvalue weighted by Crippen LogP contribution is 2.16. The van der Waals surface area contributed by atoms with Crippen LogP contribution in [-0.2, 0) is 6.54 Å². The van der Waals surface area contributed by atoms with Gasteiger partial charge in [-0.1, -0.05) is 30.3 Å². The third kappa shape index (κ3) is 2.31. The molecule has 1 aromatic heterocycles. The predicted molar refractivity (Wildman–Crippen MR) is 66.2 cm³/mol. The Labute approximate surface area is 96.1 Å². The van der Waals surface area contributed by atoms with Crippen LogP contribution in [0.25, 0.3) is 11.4 Å². The van der Waals surface area contributed by atoms with Gasteiger partial charge in [-0.15, -0.1) is 0 Å². The molecule has 0 fully saturated rings. The molecule has 0 bridgehead atoms. The van der Waals surface area contributed by atoms with Crippen molar-refractivity contribution in [1.29, 1.82) is 0 Å². The molecule has 0 amide bonds. The highest BCUT2D eigenvalue weighted by molar-refractivity contribution is 5.55. The van der Waals surface area contributed by atoms with Crippen molar-refractivity contribution in [2.75, 3.05) is 7.05 Å². The van der Waals surface area contributed by atoms with Gasteiger partial charge < -0.3 is 9.88 Å². The maximum absolute atomic E-state index is 4.41. The molecule has 0 spiro atoms. The first kappa shape index (κ1) is 10.9. The summed E-state index contributed by atoms with van der Waals surface area (Å²) < 4.78 is 2.18. The number of nitrogens with zero attached hydrogens (tertiary/aromatic N) is 2. The standard InChI is InChI=1S/C13H17N3/c1-11(14-2)10-16-9-8-15-13(16)12-6-4-3-5-7-12/h3-9,11,14H,10H2,1-2H3. The highest BCUT2D eigenvalue weighted by atomic mass is 15.1. The predicted octanol–water partition coefficient (Wildman–Crippen LogP) is 2.16. The molecule has 0 aliphatic rings. The second-order valence-corrected chi connectivity index (χ2v) is 3.96. The van der Waals surface area contributed by atoms with Crippen LogP contribution in [0.1, 0.15) is 6.92 Å². The number of nitrogens with one attached hydrogen (secondary N) is 1. The molecule has 0 saturated heterocycles. The van der Waals surface area contributed by atoms with Gasteiger partial charge in [-0.25, -0.2) is 4.98 Å². The van der Waals surface area contributed by atoms with Crippen molar-refractivity contribution in [3.8, 4) is 11.4 Å². The average Bonchev–Trinajstić information content (AvgIpc) is 2.78. The van der Waals surface area contributed by atoms with E-state index in [9.17, 15) is 0 Å². The Morgan fingerprint density at radius 2 is 2.06 bits per heavy atom. The summed E-state index contributed by atoms with van der Waals surface area (Å²) in [6.45, 7) is 3.09. The summed E-state index contributed by atoms with van der Waals surface area (Å²) >= 11 is 0. The minimum Gasteiger partial charge on any atom is -0.329 e. The highest BCUT2D eigenvalue weighted by Gasteiger charge is 2.07. The van der Waals surface area contributed by atoms with Crippen molar-refractivity contribution >= 4 is 0 Å². The Hall–Kier alpha value is -1.61. The molecule has 0 saturated carbocycles. The second kappa shape index (κ2) is 4.94. The van der Waals surface area contributed by atoms with Crippen molar-refractivity contribution in [1.82, 2.24) is 14.9 Å². The van der Waals surface area contributed by atoms with Crippen molar-refractivity contribution < 1.29 is 0 Å². The van der Waals surface area contributed by atoms with E-state index in [2.05, 4.69) is 33.9 Å². The fraction of sp³-hybridized carbons (Fsp3) is 0.308. The minimum atomic E-state index is 0.441. The normalized spacial score (nSPS) is 12.6. The Morgan fingerprint density at radius 3 is 2.75 bits per heavy atom. The maximum atomic E-state index is 4.41. The lowest BCUT2D eigenvalue weighted by Crippen LogP contribution is -2.26. The molecule has 3 heteroatoms. The molecular formula is C13H17N3. The van der Waals surface area contributed by atoms with E-state index >= 15 is 0 Å². The van der Waals surface area contributed by atoms with Gasteiger partial charge in [0.2, 0.25) is 0 Å². The number of hydrogen-bond donors (Lipinski definition) is 1. The molecule has 1 unspecified atom stereocenters. The lowest BCUT2D eigenvalue weighted by Gasteiger charge is -2.13. The SMILES string of the molecule is CNC(C)Cn1ccnc1-c1ccccc1. The van der Waals surface area contributed by atoms with Crippen LogP contribution >= 0.6 is 0 Å². The molecule has 2 rings (SSSR count). The monoisotopic (exact) mass is 215 g/mol. The van der Waals surface area contributed by atoms with Crippen LogP contribution in [0.4, 0.5) is 0 Å². The first-order valence-corrected chi connectivity index (χ1v) is 5.55. The summed E-state index contributed by atoms with van der Waals surface area (Å²) in [5.74, 6) is 1.03. The number of likely N-dealkylation sites (N-methyl/N-ethyl adjacent to an activating group) is 1. The van der Waals surface area contributed by atoms with Crippen LogP contribution in [0.2, 0.25) is 0 Å². The Bertz CT molecular complexity index is 433. The molecule has 0 radical (unpaired) electrons. The van der Waals surface area contributed by atoms with Crippen LogP contribution in [0.5, 0.6) is 0 Å². The lowest BCUT2D eigenvalue weighted by molar-refractivity contribution is 0.518. The smallest absolute Gasteiger partial charge is 0.139 e. The molecule has 1 heterocycles. The zero-order valence-electron chi connectivity index (χ0n) is 9.72. The van der Waals surface area contributed by atoms with Gasteiger partial charge in [0, 0.05) is 30.5 Å². The van der Waals surface area contributed by atoms with Crippen molar-refractivity contribution in [3.63, 3.8) is 0 Å². The van der Waals surface area contributed by atoms with Gasteiger partial charge in [0.05, 0.1) is 0 Å². The van der Waals surface area contributed by atoms with E-state index in [1.165, 1.54) is 0 Å². The van der Waals surface area contributed by atoms with Gasteiger partial charge in [0.1, 0.15) is 5.82 Å². The second-order valence-electron chi connectivity index (χ2n) is 3.96. The Kier molecular flexibility index (Phi) is 3.37. The van der Waals surface area contributed by atoms with E-state index in [0.717, 1.165) is 17.9 Å². The van der Waals surface area contributed by atoms with E-state index in [4.69, 9.17) is 0 Å². The van der Waals surface area contributed by atoms with E-state index in [1.54, 1.807) is 0 Å². The third-order valence-corrected chi connectivity index (χ3v) is 2.71. The van der Waals surface area contributed by atoms with E-state index in [-0.39, 0.29) is 0 Å². The lowest BCUT2D eigenvalue weighted by atomic mass is 10.2. The summed E-state index contributed by atoms with van der Waals surface area (Å²) in [6.07, 6.45) is 3.88. The van der Waals surface area contributed by atoms with Gasteiger partial charge in [-0.05, 0) is 14.0 Å². The summed E-state index contributed by atoms with van der Waals surface area (Å²) in [4.78, 5) is 4.41. The van der Waals surface area contributed by atoms with Crippen molar-refractivity contribution in [2.45, 2.75) is 19.5 Å². The number of benzene rings is 1. The van der Waals surface area contributed by atoms with Crippen molar-refractivity contribution in [2.24, 2.45) is 0 Å². The largest absolute Gasteiger partial charge is 0.329 e. The van der Waals surface area contributed by atoms with Gasteiger partial charge in [0.15, 0.2) is 0 Å². The number of aromatic nitrogens is 2. The minimum absolute atomic E-state index is 0.441. The summed E-state index contributed by atoms with van der Waals surface area (Å²) in [7, 11) is 1.98. The van der Waals surface area contributed by atoms with E-state index in [1.807, 2.05) is 37.6 Å². The van der Waals surface area contributed by atoms with Gasteiger partial charge in [0.25, 0.3) is 0 Å². The Balaban J connectivity index is 2.26. The molecule has 2 aromatic rings. The molecule has 0 aliphatic heterocycles. The number of hydrogen-bond acceptors (Lipinski definition) is 2. The molecule has 0 aliphatic carbocycles. The fourth-order valence-electron chi connectivity index (χ4n) is 1.69. The topological polar surface area (TPSA) is 29.9 Å². The van der Waals surface area contributed by atoms with Crippen LogP contribution in [-0.4, -0.2) is 22.6 Å². The number of imidazole rings is 1. The summed E-state index contributed by atoms with van der Waals surface area (Å²) in [5.41, 5.74) is 1.16. The van der Waals surface area contributed by atoms with E-state index < -0.39 is 0 Å². The molecular weight excluding hydrogens is 198 g/mol. The number of rotatable bonds is 4. The summed E-state index contributed by atoms with van der Waals surface area (Å²) in [5, 5.41) is 3.23. The first-order valence-electron chi connectivity index (χ1n) is 5.55. The zero-order chi connectivity index (χ0) is 11.4. The zero-order valence-corrected chi connectivity index (χ0v) is 9.72. The van der Waals surface area contributed by atoms with Gasteiger partial charge >= 0.3 is 0 Å². The first-order chi connectivity index (χ1) is 7.81. The third-order valence-electron chi connectivity index (χ3n) is 2.71. The van der Waals surface area contributed by atoms with Crippen LogP contribution < -0.4 is 5.32 Å². The molecule has 16 heavy (non-hydrogen) atoms. The van der Waals surface area contributed by atoms with Crippen LogP contribution in [0.15, 0.2) is 42.7 Å². The van der Waals surface area contributed by atoms with Crippen LogP contribution in [0, 0.1) is 0 Å². The molecule has 3 nitrogen and oxygen atoms in total. The van der Waals surface area contributed by atoms with Gasteiger partial charge in [-0.3, -0.25) is 0 Å². The molecule has 1 N–H and O–H groups in total. The fourth-order valence-corrected chi connectivity index (χ4v) is 1.69. The maximum Gasteiger partial charge on any atom is 0.139 e.